The molecule has 14 heteroatoms. The van der Waals surface area contributed by atoms with Gasteiger partial charge in [-0.25, -0.2) is 19.3 Å². The smallest absolute Gasteiger partial charge is 0.416 e. The fourth-order valence-electron chi connectivity index (χ4n) is 4.16. The van der Waals surface area contributed by atoms with Gasteiger partial charge >= 0.3 is 6.18 Å². The molecule has 0 radical (unpaired) electrons. The van der Waals surface area contributed by atoms with Crippen LogP contribution in [0.15, 0.2) is 67.4 Å². The molecule has 1 amide bonds. The zero-order valence-corrected chi connectivity index (χ0v) is 22.7. The second-order valence-electron chi connectivity index (χ2n) is 9.12. The summed E-state index contributed by atoms with van der Waals surface area (Å²) >= 11 is 0. The van der Waals surface area contributed by atoms with Crippen molar-refractivity contribution in [1.82, 2.24) is 19.5 Å². The van der Waals surface area contributed by atoms with Crippen LogP contribution in [-0.2, 0) is 11.0 Å². The number of halogens is 4. The SMILES string of the molecule is COc1cc2ncnc(Oc3ccc(C(=O)C(=O)Nc4cc(-n5cnc(C)c5)cc(C(F)(F)F)c4)c(F)c3)c2cc1OC. The number of aromatic nitrogens is 4. The number of nitrogens with one attached hydrogen (secondary N) is 1. The van der Waals surface area contributed by atoms with Gasteiger partial charge in [0.2, 0.25) is 5.88 Å². The molecule has 0 spiro atoms. The average Bonchev–Trinajstić information content (AvgIpc) is 3.42. The van der Waals surface area contributed by atoms with Crippen LogP contribution < -0.4 is 19.5 Å². The maximum absolute atomic E-state index is 15.0. The third-order valence-corrected chi connectivity index (χ3v) is 6.22. The van der Waals surface area contributed by atoms with E-state index < -0.39 is 34.8 Å². The fraction of sp³-hybridized carbons (Fsp3) is 0.138. The van der Waals surface area contributed by atoms with Gasteiger partial charge in [-0.1, -0.05) is 0 Å². The minimum atomic E-state index is -4.75. The number of alkyl halides is 3. The molecule has 5 aromatic rings. The largest absolute Gasteiger partial charge is 0.493 e. The van der Waals surface area contributed by atoms with E-state index in [0.717, 1.165) is 18.2 Å². The average molecular weight is 596 g/mol. The number of imidazole rings is 1. The van der Waals surface area contributed by atoms with Crippen molar-refractivity contribution in [2.24, 2.45) is 0 Å². The Morgan fingerprint density at radius 2 is 1.67 bits per heavy atom. The summed E-state index contributed by atoms with van der Waals surface area (Å²) in [5, 5.41) is 2.55. The number of hydrogen-bond donors (Lipinski definition) is 1. The summed E-state index contributed by atoms with van der Waals surface area (Å²) in [6, 6.07) is 9.08. The highest BCUT2D eigenvalue weighted by Gasteiger charge is 2.32. The third-order valence-electron chi connectivity index (χ3n) is 6.22. The Kier molecular flexibility index (Phi) is 7.68. The number of carbonyl (C=O) groups excluding carboxylic acids is 2. The zero-order chi connectivity index (χ0) is 30.9. The Labute approximate surface area is 240 Å². The van der Waals surface area contributed by atoms with Gasteiger partial charge in [0.15, 0.2) is 11.5 Å². The molecule has 10 nitrogen and oxygen atoms in total. The molecule has 3 aromatic carbocycles. The summed E-state index contributed by atoms with van der Waals surface area (Å²) in [5.41, 5.74) is -0.973. The quantitative estimate of drug-likeness (QED) is 0.134. The first-order chi connectivity index (χ1) is 20.5. The monoisotopic (exact) mass is 595 g/mol. The lowest BCUT2D eigenvalue weighted by Gasteiger charge is -2.14. The summed E-state index contributed by atoms with van der Waals surface area (Å²) in [5.74, 6) is -2.97. The number of fused-ring (bicyclic) bond motifs is 1. The topological polar surface area (TPSA) is 117 Å². The van der Waals surface area contributed by atoms with E-state index in [1.807, 2.05) is 0 Å². The van der Waals surface area contributed by atoms with Crippen molar-refractivity contribution in [3.05, 3.63) is 90.0 Å². The van der Waals surface area contributed by atoms with E-state index in [2.05, 4.69) is 20.3 Å². The van der Waals surface area contributed by atoms with Crippen LogP contribution in [0.25, 0.3) is 16.6 Å². The summed E-state index contributed by atoms with van der Waals surface area (Å²) in [6.07, 6.45) is -0.723. The van der Waals surface area contributed by atoms with Gasteiger partial charge in [-0.15, -0.1) is 0 Å². The van der Waals surface area contributed by atoms with Crippen LogP contribution in [-0.4, -0.2) is 45.4 Å². The number of methoxy groups -OCH3 is 2. The number of benzene rings is 3. The summed E-state index contributed by atoms with van der Waals surface area (Å²) in [4.78, 5) is 37.8. The third kappa shape index (κ3) is 6.07. The molecule has 0 fully saturated rings. The second-order valence-corrected chi connectivity index (χ2v) is 9.12. The first-order valence-electron chi connectivity index (χ1n) is 12.4. The Balaban J connectivity index is 1.38. The van der Waals surface area contributed by atoms with Crippen LogP contribution >= 0.6 is 0 Å². The number of hydrogen-bond acceptors (Lipinski definition) is 8. The normalized spacial score (nSPS) is 11.3. The predicted molar refractivity (Wildman–Crippen MR) is 145 cm³/mol. The molecule has 0 atom stereocenters. The van der Waals surface area contributed by atoms with Crippen molar-refractivity contribution in [3.63, 3.8) is 0 Å². The van der Waals surface area contributed by atoms with Gasteiger partial charge in [0.25, 0.3) is 11.7 Å². The van der Waals surface area contributed by atoms with Crippen molar-refractivity contribution in [3.8, 4) is 28.8 Å². The molecule has 2 heterocycles. The van der Waals surface area contributed by atoms with Gasteiger partial charge in [0.1, 0.15) is 17.9 Å². The van der Waals surface area contributed by atoms with E-state index in [0.29, 0.717) is 34.2 Å². The molecule has 0 bridgehead atoms. The number of ketones is 1. The Morgan fingerprint density at radius 3 is 2.33 bits per heavy atom. The van der Waals surface area contributed by atoms with E-state index in [1.165, 1.54) is 49.8 Å². The number of rotatable bonds is 8. The van der Waals surface area contributed by atoms with Crippen molar-refractivity contribution < 1.29 is 41.4 Å². The molecule has 220 valence electrons. The van der Waals surface area contributed by atoms with Gasteiger partial charge in [0.05, 0.1) is 48.3 Å². The molecule has 0 aliphatic heterocycles. The van der Waals surface area contributed by atoms with Crippen molar-refractivity contribution in [1.29, 1.82) is 0 Å². The number of nitrogens with zero attached hydrogens (tertiary/aromatic N) is 4. The summed E-state index contributed by atoms with van der Waals surface area (Å²) in [6.45, 7) is 1.65. The predicted octanol–water partition coefficient (Wildman–Crippen LogP) is 5.91. The van der Waals surface area contributed by atoms with Gasteiger partial charge in [0, 0.05) is 29.7 Å². The molecule has 0 saturated carbocycles. The van der Waals surface area contributed by atoms with E-state index >= 15 is 4.39 Å². The second kappa shape index (κ2) is 11.4. The Bertz CT molecular complexity index is 1870. The molecule has 0 unspecified atom stereocenters. The highest BCUT2D eigenvalue weighted by Crippen LogP contribution is 2.36. The maximum atomic E-state index is 15.0. The maximum Gasteiger partial charge on any atom is 0.416 e. The van der Waals surface area contributed by atoms with Crippen LogP contribution in [0.4, 0.5) is 23.2 Å². The van der Waals surface area contributed by atoms with Crippen LogP contribution in [0.5, 0.6) is 23.1 Å². The molecule has 5 rings (SSSR count). The molecule has 1 N–H and O–H groups in total. The van der Waals surface area contributed by atoms with E-state index in [9.17, 15) is 22.8 Å². The molecular formula is C29H21F4N5O5. The first kappa shape index (κ1) is 29.0. The Hall–Kier alpha value is -5.53. The van der Waals surface area contributed by atoms with Crippen LogP contribution in [0, 0.1) is 12.7 Å². The van der Waals surface area contributed by atoms with E-state index in [-0.39, 0.29) is 23.0 Å². The fourth-order valence-corrected chi connectivity index (χ4v) is 4.16. The number of amides is 1. The van der Waals surface area contributed by atoms with Crippen molar-refractivity contribution in [2.75, 3.05) is 19.5 Å². The Morgan fingerprint density at radius 1 is 0.930 bits per heavy atom. The lowest BCUT2D eigenvalue weighted by molar-refractivity contribution is -0.137. The molecule has 43 heavy (non-hydrogen) atoms. The standard InChI is InChI=1S/C29H21F4N5O5/c1-15-12-38(14-36-15)18-7-16(29(31,32)33)6-17(8-18)37-27(40)26(39)20-5-4-19(9-22(20)30)43-28-21-10-24(41-2)25(42-3)11-23(21)34-13-35-28/h4-14H,1-3H3,(H,37,40). The highest BCUT2D eigenvalue weighted by molar-refractivity contribution is 6.46. The molecule has 0 aliphatic rings. The molecular weight excluding hydrogens is 574 g/mol. The lowest BCUT2D eigenvalue weighted by atomic mass is 10.1. The molecule has 2 aromatic heterocycles. The molecule has 0 saturated heterocycles. The summed E-state index contributed by atoms with van der Waals surface area (Å²) in [7, 11) is 2.91. The van der Waals surface area contributed by atoms with Crippen LogP contribution in [0.2, 0.25) is 0 Å². The van der Waals surface area contributed by atoms with Gasteiger partial charge in [-0.2, -0.15) is 13.2 Å². The number of Topliss-reactive ketones (excluding diaryl/α,β-unsaturated/α-hetero) is 1. The van der Waals surface area contributed by atoms with Crippen LogP contribution in [0.1, 0.15) is 21.6 Å². The lowest BCUT2D eigenvalue weighted by Crippen LogP contribution is -2.24. The first-order valence-corrected chi connectivity index (χ1v) is 12.4. The summed E-state index contributed by atoms with van der Waals surface area (Å²) < 4.78 is 73.3. The van der Waals surface area contributed by atoms with Gasteiger partial charge in [-0.05, 0) is 43.3 Å². The van der Waals surface area contributed by atoms with Crippen molar-refractivity contribution >= 4 is 28.3 Å². The number of anilines is 1. The van der Waals surface area contributed by atoms with E-state index in [4.69, 9.17) is 14.2 Å². The van der Waals surface area contributed by atoms with Crippen molar-refractivity contribution in [2.45, 2.75) is 13.1 Å². The van der Waals surface area contributed by atoms with Crippen LogP contribution in [0.3, 0.4) is 0 Å². The number of ether oxygens (including phenoxy) is 3. The van der Waals surface area contributed by atoms with Gasteiger partial charge < -0.3 is 24.1 Å². The minimum absolute atomic E-state index is 0.0409. The zero-order valence-electron chi connectivity index (χ0n) is 22.7. The van der Waals surface area contributed by atoms with Gasteiger partial charge in [-0.3, -0.25) is 9.59 Å². The number of aryl methyl sites for hydroxylation is 1. The number of carbonyl (C=O) groups is 2. The van der Waals surface area contributed by atoms with E-state index in [1.54, 1.807) is 19.1 Å². The highest BCUT2D eigenvalue weighted by atomic mass is 19.4. The minimum Gasteiger partial charge on any atom is -0.493 e. The molecule has 0 aliphatic carbocycles.